The van der Waals surface area contributed by atoms with E-state index in [1.54, 1.807) is 0 Å². The van der Waals surface area contributed by atoms with Gasteiger partial charge in [-0.2, -0.15) is 0 Å². The van der Waals surface area contributed by atoms with E-state index in [-0.39, 0.29) is 11.3 Å². The first-order valence-corrected chi connectivity index (χ1v) is 10.0. The van der Waals surface area contributed by atoms with Crippen LogP contribution >= 0.6 is 0 Å². The Hall–Kier alpha value is -2.47. The molecular formula is C22H29N5O. The quantitative estimate of drug-likeness (QED) is 0.821. The summed E-state index contributed by atoms with van der Waals surface area (Å²) >= 11 is 0. The lowest BCUT2D eigenvalue weighted by Gasteiger charge is -2.42. The Bertz CT molecular complexity index is 866. The molecule has 0 atom stereocenters. The van der Waals surface area contributed by atoms with E-state index in [1.807, 2.05) is 24.8 Å². The molecule has 6 heteroatoms. The van der Waals surface area contributed by atoms with Crippen LogP contribution in [0.2, 0.25) is 0 Å². The van der Waals surface area contributed by atoms with Gasteiger partial charge in [0.25, 0.3) is 0 Å². The van der Waals surface area contributed by atoms with Gasteiger partial charge in [0.2, 0.25) is 5.91 Å². The largest absolute Gasteiger partial charge is 0.354 e. The fourth-order valence-electron chi connectivity index (χ4n) is 4.32. The normalized spacial score (nSPS) is 19.6. The van der Waals surface area contributed by atoms with E-state index in [1.165, 1.54) is 5.56 Å². The van der Waals surface area contributed by atoms with Crippen LogP contribution in [0.25, 0.3) is 0 Å². The Balaban J connectivity index is 1.46. The summed E-state index contributed by atoms with van der Waals surface area (Å²) in [6, 6.07) is 10.4. The molecule has 1 amide bonds. The summed E-state index contributed by atoms with van der Waals surface area (Å²) < 4.78 is 0. The molecule has 0 bridgehead atoms. The third kappa shape index (κ3) is 3.61. The van der Waals surface area contributed by atoms with Gasteiger partial charge < -0.3 is 4.90 Å². The highest BCUT2D eigenvalue weighted by molar-refractivity contribution is 5.97. The van der Waals surface area contributed by atoms with Gasteiger partial charge in [-0.25, -0.2) is 9.97 Å². The smallest absolute Gasteiger partial charge is 0.228 e. The highest BCUT2D eigenvalue weighted by Crippen LogP contribution is 2.40. The van der Waals surface area contributed by atoms with E-state index in [0.29, 0.717) is 13.1 Å². The molecule has 3 heterocycles. The van der Waals surface area contributed by atoms with Crippen LogP contribution in [0.5, 0.6) is 0 Å². The number of hydrogen-bond donors (Lipinski definition) is 0. The molecule has 0 N–H and O–H groups in total. The van der Waals surface area contributed by atoms with Crippen molar-refractivity contribution < 1.29 is 4.79 Å². The zero-order valence-corrected chi connectivity index (χ0v) is 17.3. The Morgan fingerprint density at radius 1 is 1.04 bits per heavy atom. The summed E-state index contributed by atoms with van der Waals surface area (Å²) in [4.78, 5) is 28.5. The predicted octanol–water partition coefficient (Wildman–Crippen LogP) is 2.89. The van der Waals surface area contributed by atoms with Gasteiger partial charge in [0.1, 0.15) is 11.6 Å². The van der Waals surface area contributed by atoms with Gasteiger partial charge in [-0.05, 0) is 25.5 Å². The number of benzene rings is 1. The first-order chi connectivity index (χ1) is 13.3. The van der Waals surface area contributed by atoms with Crippen molar-refractivity contribution in [3.63, 3.8) is 0 Å². The van der Waals surface area contributed by atoms with Crippen LogP contribution in [0.1, 0.15) is 37.4 Å². The van der Waals surface area contributed by atoms with Crippen molar-refractivity contribution in [2.45, 2.75) is 39.5 Å². The van der Waals surface area contributed by atoms with Gasteiger partial charge in [-0.15, -0.1) is 0 Å². The Morgan fingerprint density at radius 3 is 2.46 bits per heavy atom. The molecule has 0 aliphatic carbocycles. The van der Waals surface area contributed by atoms with Crippen LogP contribution in [-0.4, -0.2) is 53.6 Å². The highest BCUT2D eigenvalue weighted by Gasteiger charge is 2.37. The molecule has 2 aromatic rings. The number of rotatable bonds is 3. The lowest BCUT2D eigenvalue weighted by Crippen LogP contribution is -2.53. The molecule has 2 aliphatic rings. The standard InChI is InChI=1S/C22H29N5O/c1-16-13-20(24-17(2)23-16)26-11-9-25(10-12-26)15-27-19-8-6-5-7-18(19)22(3,4)14-21(27)28/h5-8,13H,9-12,14-15H2,1-4H3. The number of aryl methyl sites for hydroxylation is 2. The van der Waals surface area contributed by atoms with E-state index < -0.39 is 0 Å². The first-order valence-electron chi connectivity index (χ1n) is 10.0. The Morgan fingerprint density at radius 2 is 1.75 bits per heavy atom. The van der Waals surface area contributed by atoms with Crippen LogP contribution in [0.15, 0.2) is 30.3 Å². The second-order valence-corrected chi connectivity index (χ2v) is 8.56. The molecule has 148 valence electrons. The van der Waals surface area contributed by atoms with E-state index in [4.69, 9.17) is 0 Å². The summed E-state index contributed by atoms with van der Waals surface area (Å²) in [6.07, 6.45) is 0.559. The zero-order chi connectivity index (χ0) is 19.9. The number of carbonyl (C=O) groups excluding carboxylic acids is 1. The van der Waals surface area contributed by atoms with Gasteiger partial charge in [-0.3, -0.25) is 14.6 Å². The van der Waals surface area contributed by atoms with Crippen molar-refractivity contribution >= 4 is 17.4 Å². The number of carbonyl (C=O) groups is 1. The molecule has 1 saturated heterocycles. The molecule has 6 nitrogen and oxygen atoms in total. The zero-order valence-electron chi connectivity index (χ0n) is 17.3. The summed E-state index contributed by atoms with van der Waals surface area (Å²) in [5.41, 5.74) is 3.22. The molecule has 0 unspecified atom stereocenters. The van der Waals surface area contributed by atoms with Gasteiger partial charge in [0, 0.05) is 55.5 Å². The van der Waals surface area contributed by atoms with Crippen molar-refractivity contribution in [3.05, 3.63) is 47.4 Å². The number of fused-ring (bicyclic) bond motifs is 1. The van der Waals surface area contributed by atoms with E-state index >= 15 is 0 Å². The second kappa shape index (κ2) is 7.17. The predicted molar refractivity (Wildman–Crippen MR) is 112 cm³/mol. The molecule has 0 spiro atoms. The third-order valence-corrected chi connectivity index (χ3v) is 5.81. The number of anilines is 2. The van der Waals surface area contributed by atoms with Crippen LogP contribution < -0.4 is 9.80 Å². The SMILES string of the molecule is Cc1cc(N2CCN(CN3C(=O)CC(C)(C)c4ccccc43)CC2)nc(C)n1. The highest BCUT2D eigenvalue weighted by atomic mass is 16.2. The molecule has 0 saturated carbocycles. The molecular weight excluding hydrogens is 350 g/mol. The molecule has 1 fully saturated rings. The molecule has 1 aromatic heterocycles. The molecule has 2 aliphatic heterocycles. The van der Waals surface area contributed by atoms with Gasteiger partial charge >= 0.3 is 0 Å². The maximum absolute atomic E-state index is 12.9. The van der Waals surface area contributed by atoms with Crippen LogP contribution in [0.4, 0.5) is 11.5 Å². The molecule has 1 aromatic carbocycles. The van der Waals surface area contributed by atoms with E-state index in [2.05, 4.69) is 57.9 Å². The van der Waals surface area contributed by atoms with E-state index in [0.717, 1.165) is 49.2 Å². The lowest BCUT2D eigenvalue weighted by atomic mass is 9.77. The fourth-order valence-corrected chi connectivity index (χ4v) is 4.32. The molecule has 0 radical (unpaired) electrons. The third-order valence-electron chi connectivity index (χ3n) is 5.81. The number of para-hydroxylation sites is 1. The average molecular weight is 380 g/mol. The van der Waals surface area contributed by atoms with Crippen LogP contribution in [0, 0.1) is 13.8 Å². The minimum atomic E-state index is -0.106. The summed E-state index contributed by atoms with van der Waals surface area (Å²) in [5, 5.41) is 0. The van der Waals surface area contributed by atoms with Crippen LogP contribution in [0.3, 0.4) is 0 Å². The topological polar surface area (TPSA) is 52.6 Å². The van der Waals surface area contributed by atoms with Crippen molar-refractivity contribution in [2.24, 2.45) is 0 Å². The maximum atomic E-state index is 12.9. The lowest BCUT2D eigenvalue weighted by molar-refractivity contribution is -0.120. The Labute approximate surface area is 167 Å². The average Bonchev–Trinajstić information content (AvgIpc) is 2.64. The van der Waals surface area contributed by atoms with Gasteiger partial charge in [-0.1, -0.05) is 32.0 Å². The van der Waals surface area contributed by atoms with Crippen LogP contribution in [-0.2, 0) is 10.2 Å². The number of amides is 1. The van der Waals surface area contributed by atoms with Gasteiger partial charge in [0.05, 0.1) is 6.67 Å². The monoisotopic (exact) mass is 379 g/mol. The van der Waals surface area contributed by atoms with Crippen molar-refractivity contribution in [1.82, 2.24) is 14.9 Å². The number of piperazine rings is 1. The number of nitrogens with zero attached hydrogens (tertiary/aromatic N) is 5. The first kappa shape index (κ1) is 18.9. The van der Waals surface area contributed by atoms with Gasteiger partial charge in [0.15, 0.2) is 0 Å². The minimum Gasteiger partial charge on any atom is -0.354 e. The van der Waals surface area contributed by atoms with Crippen molar-refractivity contribution in [1.29, 1.82) is 0 Å². The number of aromatic nitrogens is 2. The second-order valence-electron chi connectivity index (χ2n) is 8.56. The molecule has 28 heavy (non-hydrogen) atoms. The minimum absolute atomic E-state index is 0.106. The molecule has 4 rings (SSSR count). The van der Waals surface area contributed by atoms with Crippen molar-refractivity contribution in [2.75, 3.05) is 42.6 Å². The summed E-state index contributed by atoms with van der Waals surface area (Å²) in [6.45, 7) is 12.6. The number of hydrogen-bond acceptors (Lipinski definition) is 5. The summed E-state index contributed by atoms with van der Waals surface area (Å²) in [5.74, 6) is 2.04. The Kier molecular flexibility index (Phi) is 4.83. The van der Waals surface area contributed by atoms with Crippen molar-refractivity contribution in [3.8, 4) is 0 Å². The van der Waals surface area contributed by atoms with E-state index in [9.17, 15) is 4.79 Å². The summed E-state index contributed by atoms with van der Waals surface area (Å²) in [7, 11) is 0. The fraction of sp³-hybridized carbons (Fsp3) is 0.500. The maximum Gasteiger partial charge on any atom is 0.228 e.